The van der Waals surface area contributed by atoms with Crippen LogP contribution < -0.4 is 11.1 Å². The summed E-state index contributed by atoms with van der Waals surface area (Å²) in [6.45, 7) is 0. The van der Waals surface area contributed by atoms with Gasteiger partial charge in [-0.25, -0.2) is 0 Å². The molecule has 2 aromatic rings. The number of halogens is 1. The van der Waals surface area contributed by atoms with E-state index in [0.717, 1.165) is 27.0 Å². The van der Waals surface area contributed by atoms with Crippen molar-refractivity contribution in [3.63, 3.8) is 0 Å². The number of amides is 1. The Bertz CT molecular complexity index is 638. The van der Waals surface area contributed by atoms with Crippen LogP contribution >= 0.6 is 27.3 Å². The van der Waals surface area contributed by atoms with Crippen molar-refractivity contribution in [2.45, 2.75) is 18.9 Å². The number of aryl methyl sites for hydroxylation is 1. The van der Waals surface area contributed by atoms with E-state index in [0.29, 0.717) is 6.42 Å². The summed E-state index contributed by atoms with van der Waals surface area (Å²) in [7, 11) is 0. The molecule has 3 N–H and O–H groups in total. The number of hydrogen-bond donors (Lipinski definition) is 2. The molecule has 0 radical (unpaired) electrons. The van der Waals surface area contributed by atoms with E-state index in [9.17, 15) is 4.79 Å². The molecule has 1 atom stereocenters. The van der Waals surface area contributed by atoms with Gasteiger partial charge in [-0.3, -0.25) is 4.79 Å². The Morgan fingerprint density at radius 1 is 1.32 bits per heavy atom. The lowest BCUT2D eigenvalue weighted by molar-refractivity contribution is -0.116. The standard InChI is InChI=1S/C14H13BrN2OS/c15-10-5-6-19-14(10)13(16)9-1-3-11-8(7-9)2-4-12(18)17-11/h1,3,5-7,13H,2,4,16H2,(H,17,18). The van der Waals surface area contributed by atoms with Gasteiger partial charge in [-0.05, 0) is 51.0 Å². The highest BCUT2D eigenvalue weighted by molar-refractivity contribution is 9.10. The monoisotopic (exact) mass is 336 g/mol. The van der Waals surface area contributed by atoms with Gasteiger partial charge in [-0.15, -0.1) is 11.3 Å². The van der Waals surface area contributed by atoms with E-state index in [2.05, 4.69) is 27.3 Å². The third-order valence-corrected chi connectivity index (χ3v) is 5.27. The van der Waals surface area contributed by atoms with Crippen LogP contribution in [0, 0.1) is 0 Å². The Hall–Kier alpha value is -1.17. The second-order valence-electron chi connectivity index (χ2n) is 4.58. The minimum absolute atomic E-state index is 0.0885. The maximum Gasteiger partial charge on any atom is 0.224 e. The molecule has 3 nitrogen and oxygen atoms in total. The highest BCUT2D eigenvalue weighted by Crippen LogP contribution is 2.33. The van der Waals surface area contributed by atoms with Crippen LogP contribution in [-0.2, 0) is 11.2 Å². The molecule has 0 bridgehead atoms. The van der Waals surface area contributed by atoms with Gasteiger partial charge in [0.05, 0.1) is 6.04 Å². The molecule has 1 aromatic carbocycles. The molecule has 0 fully saturated rings. The van der Waals surface area contributed by atoms with Crippen molar-refractivity contribution in [2.24, 2.45) is 5.73 Å². The first-order valence-corrected chi connectivity index (χ1v) is 7.73. The summed E-state index contributed by atoms with van der Waals surface area (Å²) in [6, 6.07) is 7.92. The lowest BCUT2D eigenvalue weighted by Crippen LogP contribution is -2.20. The van der Waals surface area contributed by atoms with Gasteiger partial charge in [-0.2, -0.15) is 0 Å². The maximum absolute atomic E-state index is 11.3. The van der Waals surface area contributed by atoms with Crippen LogP contribution in [0.15, 0.2) is 34.1 Å². The molecular weight excluding hydrogens is 324 g/mol. The van der Waals surface area contributed by atoms with Crippen LogP contribution in [0.2, 0.25) is 0 Å². The average molecular weight is 337 g/mol. The number of carbonyl (C=O) groups is 1. The number of thiophene rings is 1. The fourth-order valence-electron chi connectivity index (χ4n) is 2.28. The number of nitrogens with two attached hydrogens (primary N) is 1. The lowest BCUT2D eigenvalue weighted by atomic mass is 9.97. The van der Waals surface area contributed by atoms with Gasteiger partial charge in [0.1, 0.15) is 0 Å². The Kier molecular flexibility index (Phi) is 3.43. The van der Waals surface area contributed by atoms with E-state index < -0.39 is 0 Å². The Balaban J connectivity index is 1.94. The summed E-state index contributed by atoms with van der Waals surface area (Å²) in [5.74, 6) is 0.0885. The fraction of sp³-hybridized carbons (Fsp3) is 0.214. The summed E-state index contributed by atoms with van der Waals surface area (Å²) in [4.78, 5) is 12.5. The molecule has 0 spiro atoms. The first-order chi connectivity index (χ1) is 9.15. The SMILES string of the molecule is NC(c1ccc2c(c1)CCC(=O)N2)c1sccc1Br. The van der Waals surface area contributed by atoms with Crippen LogP contribution in [0.5, 0.6) is 0 Å². The number of fused-ring (bicyclic) bond motifs is 1. The summed E-state index contributed by atoms with van der Waals surface area (Å²) in [5.41, 5.74) is 9.48. The molecule has 0 saturated carbocycles. The van der Waals surface area contributed by atoms with Crippen LogP contribution in [0.4, 0.5) is 5.69 Å². The van der Waals surface area contributed by atoms with Crippen molar-refractivity contribution >= 4 is 38.9 Å². The highest BCUT2D eigenvalue weighted by Gasteiger charge is 2.18. The summed E-state index contributed by atoms with van der Waals surface area (Å²) in [5, 5.41) is 4.91. The molecule has 1 unspecified atom stereocenters. The van der Waals surface area contributed by atoms with Gasteiger partial charge >= 0.3 is 0 Å². The second-order valence-corrected chi connectivity index (χ2v) is 6.38. The summed E-state index contributed by atoms with van der Waals surface area (Å²) < 4.78 is 1.05. The molecule has 1 amide bonds. The van der Waals surface area contributed by atoms with Crippen molar-refractivity contribution < 1.29 is 4.79 Å². The summed E-state index contributed by atoms with van der Waals surface area (Å²) >= 11 is 5.17. The van der Waals surface area contributed by atoms with Gasteiger partial charge in [-0.1, -0.05) is 12.1 Å². The van der Waals surface area contributed by atoms with Gasteiger partial charge in [0, 0.05) is 21.5 Å². The minimum atomic E-state index is -0.127. The van der Waals surface area contributed by atoms with E-state index in [1.54, 1.807) is 11.3 Å². The zero-order valence-electron chi connectivity index (χ0n) is 10.2. The van der Waals surface area contributed by atoms with Crippen molar-refractivity contribution in [2.75, 3.05) is 5.32 Å². The Labute approximate surface area is 124 Å². The highest BCUT2D eigenvalue weighted by atomic mass is 79.9. The number of rotatable bonds is 2. The van der Waals surface area contributed by atoms with E-state index in [-0.39, 0.29) is 11.9 Å². The smallest absolute Gasteiger partial charge is 0.224 e. The van der Waals surface area contributed by atoms with Crippen LogP contribution in [-0.4, -0.2) is 5.91 Å². The van der Waals surface area contributed by atoms with Crippen molar-refractivity contribution in [1.82, 2.24) is 0 Å². The van der Waals surface area contributed by atoms with E-state index in [1.165, 1.54) is 5.56 Å². The van der Waals surface area contributed by atoms with Gasteiger partial charge < -0.3 is 11.1 Å². The molecule has 98 valence electrons. The fourth-order valence-corrected chi connectivity index (χ4v) is 3.92. The number of nitrogens with one attached hydrogen (secondary N) is 1. The topological polar surface area (TPSA) is 55.1 Å². The zero-order valence-corrected chi connectivity index (χ0v) is 12.6. The molecule has 2 heterocycles. The zero-order chi connectivity index (χ0) is 13.4. The second kappa shape index (κ2) is 5.07. The number of anilines is 1. The average Bonchev–Trinajstić information content (AvgIpc) is 2.83. The number of benzene rings is 1. The number of carbonyl (C=O) groups excluding carboxylic acids is 1. The molecule has 5 heteroatoms. The van der Waals surface area contributed by atoms with Gasteiger partial charge in [0.2, 0.25) is 5.91 Å². The largest absolute Gasteiger partial charge is 0.326 e. The molecule has 1 aliphatic heterocycles. The van der Waals surface area contributed by atoms with Crippen molar-refractivity contribution in [1.29, 1.82) is 0 Å². The van der Waals surface area contributed by atoms with Crippen molar-refractivity contribution in [3.8, 4) is 0 Å². The van der Waals surface area contributed by atoms with Gasteiger partial charge in [0.25, 0.3) is 0 Å². The first-order valence-electron chi connectivity index (χ1n) is 6.06. The Morgan fingerprint density at radius 3 is 2.89 bits per heavy atom. The maximum atomic E-state index is 11.3. The molecule has 1 aromatic heterocycles. The first kappa shape index (κ1) is 12.8. The van der Waals surface area contributed by atoms with E-state index >= 15 is 0 Å². The molecule has 0 saturated heterocycles. The lowest BCUT2D eigenvalue weighted by Gasteiger charge is -2.19. The van der Waals surface area contributed by atoms with E-state index in [1.807, 2.05) is 23.6 Å². The molecule has 19 heavy (non-hydrogen) atoms. The van der Waals surface area contributed by atoms with Crippen LogP contribution in [0.25, 0.3) is 0 Å². The van der Waals surface area contributed by atoms with Crippen LogP contribution in [0.3, 0.4) is 0 Å². The van der Waals surface area contributed by atoms with Crippen LogP contribution in [0.1, 0.15) is 28.5 Å². The van der Waals surface area contributed by atoms with Crippen molar-refractivity contribution in [3.05, 3.63) is 50.1 Å². The molecule has 3 rings (SSSR count). The predicted molar refractivity (Wildman–Crippen MR) is 81.4 cm³/mol. The molecular formula is C14H13BrN2OS. The predicted octanol–water partition coefficient (Wildman–Crippen LogP) is 3.44. The minimum Gasteiger partial charge on any atom is -0.326 e. The molecule has 1 aliphatic rings. The Morgan fingerprint density at radius 2 is 2.16 bits per heavy atom. The quantitative estimate of drug-likeness (QED) is 0.882. The summed E-state index contributed by atoms with van der Waals surface area (Å²) in [6.07, 6.45) is 1.34. The number of hydrogen-bond acceptors (Lipinski definition) is 3. The van der Waals surface area contributed by atoms with E-state index in [4.69, 9.17) is 5.73 Å². The third-order valence-electron chi connectivity index (χ3n) is 3.31. The molecule has 0 aliphatic carbocycles. The van der Waals surface area contributed by atoms with Gasteiger partial charge in [0.15, 0.2) is 0 Å². The normalized spacial score (nSPS) is 15.8. The third kappa shape index (κ3) is 2.45.